The zero-order valence-corrected chi connectivity index (χ0v) is 15.1. The molecule has 1 fully saturated rings. The fourth-order valence-electron chi connectivity index (χ4n) is 2.73. The maximum Gasteiger partial charge on any atom is 0.264 e. The summed E-state index contributed by atoms with van der Waals surface area (Å²) in [7, 11) is 0. The number of carbonyl (C=O) groups excluding carboxylic acids is 1. The van der Waals surface area contributed by atoms with Gasteiger partial charge in [0.25, 0.3) is 5.91 Å². The summed E-state index contributed by atoms with van der Waals surface area (Å²) in [6, 6.07) is 7.97. The number of aromatic nitrogens is 2. The molecule has 128 valence electrons. The normalized spacial score (nSPS) is 15.5. The monoisotopic (exact) mass is 365 g/mol. The topological polar surface area (TPSA) is 61.4 Å². The van der Waals surface area contributed by atoms with Crippen LogP contribution in [-0.2, 0) is 0 Å². The molecule has 2 aromatic rings. The van der Waals surface area contributed by atoms with Gasteiger partial charge in [0, 0.05) is 50.0 Å². The van der Waals surface area contributed by atoms with Crippen molar-refractivity contribution in [3.8, 4) is 0 Å². The van der Waals surface area contributed by atoms with E-state index < -0.39 is 0 Å². The van der Waals surface area contributed by atoms with Gasteiger partial charge in [0.2, 0.25) is 0 Å². The van der Waals surface area contributed by atoms with Crippen molar-refractivity contribution in [1.82, 2.24) is 19.8 Å². The Morgan fingerprint density at radius 3 is 2.58 bits per heavy atom. The second-order valence-electron chi connectivity index (χ2n) is 5.75. The van der Waals surface area contributed by atoms with E-state index in [4.69, 9.17) is 11.6 Å². The van der Waals surface area contributed by atoms with E-state index in [1.807, 2.05) is 12.1 Å². The number of rotatable bonds is 5. The molecule has 1 aromatic heterocycles. The van der Waals surface area contributed by atoms with Crippen molar-refractivity contribution in [1.29, 1.82) is 0 Å². The molecule has 0 bridgehead atoms. The highest BCUT2D eigenvalue weighted by Gasteiger charge is 2.18. The summed E-state index contributed by atoms with van der Waals surface area (Å²) >= 11 is 7.07. The van der Waals surface area contributed by atoms with Crippen molar-refractivity contribution >= 4 is 34.7 Å². The number of aryl methyl sites for hydroxylation is 1. The lowest BCUT2D eigenvalue weighted by Gasteiger charge is -2.36. The molecule has 24 heavy (non-hydrogen) atoms. The van der Waals surface area contributed by atoms with Gasteiger partial charge in [0.15, 0.2) is 0 Å². The van der Waals surface area contributed by atoms with Crippen molar-refractivity contribution in [2.45, 2.75) is 6.92 Å². The minimum absolute atomic E-state index is 0.0812. The van der Waals surface area contributed by atoms with Gasteiger partial charge in [-0.3, -0.25) is 9.69 Å². The Balaban J connectivity index is 1.40. The fourth-order valence-corrected chi connectivity index (χ4v) is 3.43. The van der Waals surface area contributed by atoms with Crippen molar-refractivity contribution in [2.75, 3.05) is 44.2 Å². The standard InChI is InChI=1S/C16H20ClN5OS/c1-12-15(24-20-19-12)16(23)18-6-7-21-8-10-22(11-9-21)14-4-2-13(17)3-5-14/h2-5H,6-11H2,1H3,(H,18,23). The summed E-state index contributed by atoms with van der Waals surface area (Å²) in [5, 5.41) is 7.57. The first kappa shape index (κ1) is 17.1. The number of hydrogen-bond donors (Lipinski definition) is 1. The Hall–Kier alpha value is -1.70. The number of nitrogens with one attached hydrogen (secondary N) is 1. The predicted molar refractivity (Wildman–Crippen MR) is 97.1 cm³/mol. The lowest BCUT2D eigenvalue weighted by Crippen LogP contribution is -2.48. The van der Waals surface area contributed by atoms with Crippen molar-refractivity contribution in [3.05, 3.63) is 39.9 Å². The van der Waals surface area contributed by atoms with E-state index in [9.17, 15) is 4.79 Å². The molecule has 1 amide bonds. The third kappa shape index (κ3) is 4.23. The Morgan fingerprint density at radius 2 is 1.96 bits per heavy atom. The van der Waals surface area contributed by atoms with Gasteiger partial charge in [-0.05, 0) is 42.7 Å². The molecule has 2 heterocycles. The highest BCUT2D eigenvalue weighted by molar-refractivity contribution is 7.07. The lowest BCUT2D eigenvalue weighted by atomic mass is 10.2. The van der Waals surface area contributed by atoms with Crippen LogP contribution in [0.25, 0.3) is 0 Å². The number of benzene rings is 1. The number of nitrogens with zero attached hydrogens (tertiary/aromatic N) is 4. The number of anilines is 1. The molecule has 1 N–H and O–H groups in total. The van der Waals surface area contributed by atoms with Gasteiger partial charge in [-0.1, -0.05) is 16.1 Å². The highest BCUT2D eigenvalue weighted by atomic mass is 35.5. The first-order valence-corrected chi connectivity index (χ1v) is 9.08. The number of amides is 1. The molecule has 0 aliphatic carbocycles. The van der Waals surface area contributed by atoms with Crippen LogP contribution in [0.4, 0.5) is 5.69 Å². The van der Waals surface area contributed by atoms with Gasteiger partial charge in [-0.25, -0.2) is 0 Å². The molecule has 0 unspecified atom stereocenters. The average Bonchev–Trinajstić information content (AvgIpc) is 3.02. The predicted octanol–water partition coefficient (Wildman–Crippen LogP) is 2.05. The van der Waals surface area contributed by atoms with E-state index in [1.54, 1.807) is 6.92 Å². The Labute approximate surface area is 150 Å². The molecule has 0 spiro atoms. The molecule has 8 heteroatoms. The average molecular weight is 366 g/mol. The van der Waals surface area contributed by atoms with Crippen LogP contribution in [0.15, 0.2) is 24.3 Å². The minimum Gasteiger partial charge on any atom is -0.369 e. The summed E-state index contributed by atoms with van der Waals surface area (Å²) in [6.45, 7) is 7.22. The second-order valence-corrected chi connectivity index (χ2v) is 6.94. The molecular formula is C16H20ClN5OS. The maximum atomic E-state index is 12.0. The molecule has 1 aliphatic heterocycles. The SMILES string of the molecule is Cc1nnsc1C(=O)NCCN1CCN(c2ccc(Cl)cc2)CC1. The number of hydrogen-bond acceptors (Lipinski definition) is 6. The summed E-state index contributed by atoms with van der Waals surface area (Å²) in [6.07, 6.45) is 0. The van der Waals surface area contributed by atoms with Gasteiger partial charge in [-0.15, -0.1) is 5.10 Å². The quantitative estimate of drug-likeness (QED) is 0.878. The molecular weight excluding hydrogens is 346 g/mol. The zero-order chi connectivity index (χ0) is 16.9. The Bertz CT molecular complexity index is 682. The molecule has 0 saturated carbocycles. The summed E-state index contributed by atoms with van der Waals surface area (Å²) < 4.78 is 3.79. The van der Waals surface area contributed by atoms with Gasteiger partial charge in [0.1, 0.15) is 4.88 Å². The van der Waals surface area contributed by atoms with E-state index >= 15 is 0 Å². The second kappa shape index (κ2) is 7.92. The van der Waals surface area contributed by atoms with E-state index in [1.165, 1.54) is 5.69 Å². The lowest BCUT2D eigenvalue weighted by molar-refractivity contribution is 0.0951. The van der Waals surface area contributed by atoms with Crippen LogP contribution >= 0.6 is 23.1 Å². The van der Waals surface area contributed by atoms with E-state index in [0.717, 1.165) is 49.3 Å². The van der Waals surface area contributed by atoms with Crippen LogP contribution in [0, 0.1) is 6.92 Å². The van der Waals surface area contributed by atoms with E-state index in [-0.39, 0.29) is 5.91 Å². The van der Waals surface area contributed by atoms with Gasteiger partial charge in [-0.2, -0.15) is 0 Å². The Kier molecular flexibility index (Phi) is 5.65. The van der Waals surface area contributed by atoms with E-state index in [0.29, 0.717) is 17.1 Å². The van der Waals surface area contributed by atoms with Crippen LogP contribution in [-0.4, -0.2) is 59.7 Å². The van der Waals surface area contributed by atoms with E-state index in [2.05, 4.69) is 36.8 Å². The summed E-state index contributed by atoms with van der Waals surface area (Å²) in [4.78, 5) is 17.3. The van der Waals surface area contributed by atoms with Crippen molar-refractivity contribution in [2.24, 2.45) is 0 Å². The molecule has 0 radical (unpaired) electrons. The maximum absolute atomic E-state index is 12.0. The van der Waals surface area contributed by atoms with Gasteiger partial charge in [0.05, 0.1) is 5.69 Å². The third-order valence-corrected chi connectivity index (χ3v) is 5.21. The van der Waals surface area contributed by atoms with Crippen LogP contribution in [0.3, 0.4) is 0 Å². The van der Waals surface area contributed by atoms with Crippen molar-refractivity contribution < 1.29 is 4.79 Å². The highest BCUT2D eigenvalue weighted by Crippen LogP contribution is 2.19. The first-order chi connectivity index (χ1) is 11.6. The zero-order valence-electron chi connectivity index (χ0n) is 13.5. The fraction of sp³-hybridized carbons (Fsp3) is 0.438. The molecule has 6 nitrogen and oxygen atoms in total. The van der Waals surface area contributed by atoms with Gasteiger partial charge < -0.3 is 10.2 Å². The van der Waals surface area contributed by atoms with Gasteiger partial charge >= 0.3 is 0 Å². The molecule has 0 atom stereocenters. The summed E-state index contributed by atoms with van der Waals surface area (Å²) in [5.41, 5.74) is 1.90. The molecule has 1 aromatic carbocycles. The van der Waals surface area contributed by atoms with Crippen LogP contribution < -0.4 is 10.2 Å². The molecule has 3 rings (SSSR count). The number of piperazine rings is 1. The smallest absolute Gasteiger partial charge is 0.264 e. The van der Waals surface area contributed by atoms with Crippen molar-refractivity contribution in [3.63, 3.8) is 0 Å². The minimum atomic E-state index is -0.0812. The van der Waals surface area contributed by atoms with Crippen LogP contribution in [0.2, 0.25) is 5.02 Å². The number of carbonyl (C=O) groups is 1. The third-order valence-electron chi connectivity index (χ3n) is 4.14. The van der Waals surface area contributed by atoms with Crippen LogP contribution in [0.1, 0.15) is 15.4 Å². The molecule has 1 saturated heterocycles. The largest absolute Gasteiger partial charge is 0.369 e. The Morgan fingerprint density at radius 1 is 1.25 bits per heavy atom. The number of halogens is 1. The molecule has 1 aliphatic rings. The first-order valence-electron chi connectivity index (χ1n) is 7.93. The van der Waals surface area contributed by atoms with Crippen LogP contribution in [0.5, 0.6) is 0 Å². The summed E-state index contributed by atoms with van der Waals surface area (Å²) in [5.74, 6) is -0.0812.